The summed E-state index contributed by atoms with van der Waals surface area (Å²) in [5, 5.41) is 0. The van der Waals surface area contributed by atoms with Crippen molar-refractivity contribution in [1.29, 1.82) is 0 Å². The summed E-state index contributed by atoms with van der Waals surface area (Å²) in [5.41, 5.74) is 1.48. The van der Waals surface area contributed by atoms with Crippen molar-refractivity contribution >= 4 is 12.6 Å². The van der Waals surface area contributed by atoms with Gasteiger partial charge in [0, 0.05) is 7.11 Å². The maximum Gasteiger partial charge on any atom is 0.494 e. The minimum atomic E-state index is -0.329. The van der Waals surface area contributed by atoms with E-state index in [-0.39, 0.29) is 18.3 Å². The average molecular weight is 380 g/mol. The topological polar surface area (TPSA) is 55.4 Å². The third-order valence-corrected chi connectivity index (χ3v) is 4.95. The fraction of sp³-hybridized carbons (Fsp3) is 0.700. The zero-order valence-corrected chi connectivity index (χ0v) is 17.3. The predicted octanol–water partition coefficient (Wildman–Crippen LogP) is 2.18. The van der Waals surface area contributed by atoms with Crippen LogP contribution in [0.4, 0.5) is 0 Å². The second-order valence-corrected chi connectivity index (χ2v) is 7.60. The molecule has 1 saturated heterocycles. The standard InChI is InChI=1S/C20H33BO6/c1-19(2)20(3,4)27-21(26-19)18-8-6-17(7-9-18)16-25-15-14-24-13-12-23-11-10-22-5/h6-9H,10-16H2,1-5H3. The molecule has 0 saturated carbocycles. The number of hydrogen-bond acceptors (Lipinski definition) is 6. The first-order valence-electron chi connectivity index (χ1n) is 9.52. The first kappa shape index (κ1) is 22.3. The number of methoxy groups -OCH3 is 1. The lowest BCUT2D eigenvalue weighted by atomic mass is 9.79. The maximum atomic E-state index is 6.07. The van der Waals surface area contributed by atoms with Crippen molar-refractivity contribution in [1.82, 2.24) is 0 Å². The molecule has 1 aliphatic rings. The second-order valence-electron chi connectivity index (χ2n) is 7.60. The van der Waals surface area contributed by atoms with Crippen molar-refractivity contribution in [3.05, 3.63) is 29.8 Å². The van der Waals surface area contributed by atoms with E-state index in [0.717, 1.165) is 11.0 Å². The van der Waals surface area contributed by atoms with Crippen molar-refractivity contribution < 1.29 is 28.3 Å². The zero-order valence-electron chi connectivity index (χ0n) is 17.3. The molecule has 0 aliphatic carbocycles. The molecule has 1 aromatic carbocycles. The van der Waals surface area contributed by atoms with E-state index >= 15 is 0 Å². The Morgan fingerprint density at radius 1 is 0.741 bits per heavy atom. The molecule has 152 valence electrons. The largest absolute Gasteiger partial charge is 0.494 e. The van der Waals surface area contributed by atoms with Crippen LogP contribution < -0.4 is 5.46 Å². The Kier molecular flexibility index (Phi) is 8.73. The third kappa shape index (κ3) is 6.86. The van der Waals surface area contributed by atoms with E-state index in [1.54, 1.807) is 7.11 Å². The van der Waals surface area contributed by atoms with Crippen LogP contribution in [0.25, 0.3) is 0 Å². The molecule has 0 N–H and O–H groups in total. The van der Waals surface area contributed by atoms with Gasteiger partial charge in [0.25, 0.3) is 0 Å². The zero-order chi connectivity index (χ0) is 19.8. The SMILES string of the molecule is COCCOCCOCCOCc1ccc(B2OC(C)(C)C(C)(C)O2)cc1. The highest BCUT2D eigenvalue weighted by atomic mass is 16.7. The quantitative estimate of drug-likeness (QED) is 0.409. The molecular formula is C20H33BO6. The van der Waals surface area contributed by atoms with E-state index in [4.69, 9.17) is 28.3 Å². The Balaban J connectivity index is 1.61. The lowest BCUT2D eigenvalue weighted by Crippen LogP contribution is -2.41. The highest BCUT2D eigenvalue weighted by Crippen LogP contribution is 2.36. The summed E-state index contributed by atoms with van der Waals surface area (Å²) in [4.78, 5) is 0. The smallest absolute Gasteiger partial charge is 0.399 e. The van der Waals surface area contributed by atoms with Gasteiger partial charge in [0.15, 0.2) is 0 Å². The Bertz CT molecular complexity index is 530. The lowest BCUT2D eigenvalue weighted by Gasteiger charge is -2.32. The molecule has 0 unspecified atom stereocenters. The monoisotopic (exact) mass is 380 g/mol. The molecule has 27 heavy (non-hydrogen) atoms. The van der Waals surface area contributed by atoms with E-state index in [2.05, 4.69) is 27.7 Å². The molecule has 1 aromatic rings. The van der Waals surface area contributed by atoms with Gasteiger partial charge in [-0.3, -0.25) is 0 Å². The molecular weight excluding hydrogens is 347 g/mol. The molecule has 0 aromatic heterocycles. The molecule has 2 rings (SSSR count). The number of ether oxygens (including phenoxy) is 4. The van der Waals surface area contributed by atoms with Gasteiger partial charge < -0.3 is 28.3 Å². The number of hydrogen-bond donors (Lipinski definition) is 0. The van der Waals surface area contributed by atoms with Gasteiger partial charge in [-0.05, 0) is 38.7 Å². The van der Waals surface area contributed by atoms with Gasteiger partial charge >= 0.3 is 7.12 Å². The second kappa shape index (κ2) is 10.6. The lowest BCUT2D eigenvalue weighted by molar-refractivity contribution is 0.000870. The summed E-state index contributed by atoms with van der Waals surface area (Å²) in [6, 6.07) is 8.17. The fourth-order valence-electron chi connectivity index (χ4n) is 2.52. The van der Waals surface area contributed by atoms with Gasteiger partial charge in [-0.2, -0.15) is 0 Å². The summed E-state index contributed by atoms with van der Waals surface area (Å²) in [5.74, 6) is 0. The van der Waals surface area contributed by atoms with E-state index in [0.29, 0.717) is 46.2 Å². The van der Waals surface area contributed by atoms with Crippen molar-refractivity contribution in [2.45, 2.75) is 45.5 Å². The number of benzene rings is 1. The van der Waals surface area contributed by atoms with Gasteiger partial charge in [0.1, 0.15) is 0 Å². The van der Waals surface area contributed by atoms with Crippen LogP contribution in [0.1, 0.15) is 33.3 Å². The van der Waals surface area contributed by atoms with Crippen molar-refractivity contribution in [2.24, 2.45) is 0 Å². The minimum Gasteiger partial charge on any atom is -0.399 e. The maximum absolute atomic E-state index is 6.07. The van der Waals surface area contributed by atoms with Crippen molar-refractivity contribution in [2.75, 3.05) is 46.8 Å². The van der Waals surface area contributed by atoms with Crippen LogP contribution in [0.5, 0.6) is 0 Å². The molecule has 1 heterocycles. The van der Waals surface area contributed by atoms with Crippen LogP contribution in [0.2, 0.25) is 0 Å². The Hall–Kier alpha value is -0.955. The van der Waals surface area contributed by atoms with Gasteiger partial charge in [-0.1, -0.05) is 24.3 Å². The van der Waals surface area contributed by atoms with Crippen LogP contribution in [-0.2, 0) is 34.9 Å². The van der Waals surface area contributed by atoms with Gasteiger partial charge in [0.05, 0.1) is 57.5 Å². The summed E-state index contributed by atoms with van der Waals surface area (Å²) in [7, 11) is 1.33. The predicted molar refractivity (Wildman–Crippen MR) is 105 cm³/mol. The molecule has 0 atom stereocenters. The van der Waals surface area contributed by atoms with Crippen LogP contribution in [-0.4, -0.2) is 65.1 Å². The first-order valence-corrected chi connectivity index (χ1v) is 9.52. The third-order valence-electron chi connectivity index (χ3n) is 4.95. The number of rotatable bonds is 12. The Morgan fingerprint density at radius 3 is 1.74 bits per heavy atom. The van der Waals surface area contributed by atoms with Crippen LogP contribution in [0, 0.1) is 0 Å². The van der Waals surface area contributed by atoms with E-state index in [9.17, 15) is 0 Å². The normalized spacial score (nSPS) is 18.2. The summed E-state index contributed by atoms with van der Waals surface area (Å²) < 4.78 is 33.5. The van der Waals surface area contributed by atoms with E-state index in [1.807, 2.05) is 24.3 Å². The van der Waals surface area contributed by atoms with Gasteiger partial charge in [-0.25, -0.2) is 0 Å². The molecule has 0 amide bonds. The van der Waals surface area contributed by atoms with E-state index < -0.39 is 0 Å². The first-order chi connectivity index (χ1) is 12.9. The Labute approximate surface area is 163 Å². The minimum absolute atomic E-state index is 0.325. The van der Waals surface area contributed by atoms with Gasteiger partial charge in [-0.15, -0.1) is 0 Å². The van der Waals surface area contributed by atoms with Crippen molar-refractivity contribution in [3.8, 4) is 0 Å². The molecule has 1 aliphatic heterocycles. The molecule has 0 bridgehead atoms. The molecule has 6 nitrogen and oxygen atoms in total. The summed E-state index contributed by atoms with van der Waals surface area (Å²) in [6.07, 6.45) is 0. The van der Waals surface area contributed by atoms with Crippen molar-refractivity contribution in [3.63, 3.8) is 0 Å². The summed E-state index contributed by atoms with van der Waals surface area (Å²) >= 11 is 0. The van der Waals surface area contributed by atoms with Gasteiger partial charge in [0.2, 0.25) is 0 Å². The molecule has 0 spiro atoms. The van der Waals surface area contributed by atoms with Crippen LogP contribution in [0.3, 0.4) is 0 Å². The molecule has 1 fully saturated rings. The fourth-order valence-corrected chi connectivity index (χ4v) is 2.52. The van der Waals surface area contributed by atoms with E-state index in [1.165, 1.54) is 0 Å². The molecule has 7 heteroatoms. The van der Waals surface area contributed by atoms with Crippen LogP contribution in [0.15, 0.2) is 24.3 Å². The Morgan fingerprint density at radius 2 is 1.22 bits per heavy atom. The average Bonchev–Trinajstić information content (AvgIpc) is 2.85. The van der Waals surface area contributed by atoms with Crippen LogP contribution >= 0.6 is 0 Å². The highest BCUT2D eigenvalue weighted by molar-refractivity contribution is 6.62. The highest BCUT2D eigenvalue weighted by Gasteiger charge is 2.51. The molecule has 0 radical (unpaired) electrons. The summed E-state index contributed by atoms with van der Waals surface area (Å²) in [6.45, 7) is 12.2.